The average Bonchev–Trinajstić information content (AvgIpc) is 3.61. The van der Waals surface area contributed by atoms with Gasteiger partial charge in [0, 0.05) is 28.3 Å². The van der Waals surface area contributed by atoms with E-state index in [2.05, 4.69) is 174 Å². The number of anilines is 4. The molecule has 1 aliphatic carbocycles. The number of nitrogens with zero attached hydrogens (tertiary/aromatic N) is 4. The van der Waals surface area contributed by atoms with Crippen LogP contribution in [0.4, 0.5) is 22.7 Å². The molecule has 0 fully saturated rings. The van der Waals surface area contributed by atoms with Crippen LogP contribution in [0.2, 0.25) is 0 Å². The second-order valence-electron chi connectivity index (χ2n) is 12.7. The summed E-state index contributed by atoms with van der Waals surface area (Å²) in [6.45, 7) is 0. The molecule has 4 nitrogen and oxygen atoms in total. The molecular weight excluding hydrogens is 609 g/mol. The number of nitriles is 1. The van der Waals surface area contributed by atoms with Gasteiger partial charge in [0.2, 0.25) is 0 Å². The van der Waals surface area contributed by atoms with Gasteiger partial charge in [-0.05, 0) is 94.0 Å². The van der Waals surface area contributed by atoms with E-state index in [1.165, 1.54) is 22.3 Å². The first-order chi connectivity index (χ1) is 24.8. The number of para-hydroxylation sites is 2. The lowest BCUT2D eigenvalue weighted by atomic mass is 9.81. The van der Waals surface area contributed by atoms with Gasteiger partial charge in [0.25, 0.3) is 0 Å². The molecule has 50 heavy (non-hydrogen) atoms. The Morgan fingerprint density at radius 2 is 1.02 bits per heavy atom. The summed E-state index contributed by atoms with van der Waals surface area (Å²) in [4.78, 5) is 10.2. The predicted octanol–water partition coefficient (Wildman–Crippen LogP) is 11.4. The topological polar surface area (TPSA) is 42.6 Å². The van der Waals surface area contributed by atoms with Crippen LogP contribution in [0.5, 0.6) is 0 Å². The minimum Gasteiger partial charge on any atom is -0.333 e. The largest absolute Gasteiger partial charge is 0.333 e. The van der Waals surface area contributed by atoms with Crippen LogP contribution in [0.1, 0.15) is 34.5 Å². The number of fused-ring (bicyclic) bond motifs is 6. The summed E-state index contributed by atoms with van der Waals surface area (Å²) in [6, 6.07) is 66.0. The molecule has 7 aromatic carbocycles. The molecule has 0 amide bonds. The fourth-order valence-corrected chi connectivity index (χ4v) is 7.46. The van der Waals surface area contributed by atoms with Crippen molar-refractivity contribution in [3.63, 3.8) is 0 Å². The minimum absolute atomic E-state index is 0.0524. The highest BCUT2D eigenvalue weighted by atomic mass is 15.3. The Bertz CT molecular complexity index is 2330. The first-order valence-corrected chi connectivity index (χ1v) is 16.9. The van der Waals surface area contributed by atoms with Crippen molar-refractivity contribution in [3.8, 4) is 28.3 Å². The molecule has 2 unspecified atom stereocenters. The van der Waals surface area contributed by atoms with Crippen molar-refractivity contribution in [1.82, 2.24) is 0 Å². The van der Waals surface area contributed by atoms with Gasteiger partial charge in [-0.1, -0.05) is 121 Å². The van der Waals surface area contributed by atoms with Gasteiger partial charge in [0.1, 0.15) is 6.17 Å². The van der Waals surface area contributed by atoms with E-state index in [1.54, 1.807) is 0 Å². The van der Waals surface area contributed by atoms with E-state index in [1.807, 2.05) is 24.3 Å². The molecule has 0 N–H and O–H groups in total. The van der Waals surface area contributed by atoms with E-state index in [0.717, 1.165) is 45.2 Å². The molecule has 0 aromatic heterocycles. The van der Waals surface area contributed by atoms with E-state index in [4.69, 9.17) is 4.99 Å². The van der Waals surface area contributed by atoms with Crippen molar-refractivity contribution in [2.24, 2.45) is 4.99 Å². The molecule has 236 valence electrons. The Kier molecular flexibility index (Phi) is 7.30. The normalized spacial score (nSPS) is 15.7. The van der Waals surface area contributed by atoms with Crippen molar-refractivity contribution in [1.29, 1.82) is 5.26 Å². The van der Waals surface area contributed by atoms with Crippen molar-refractivity contribution < 1.29 is 0 Å². The van der Waals surface area contributed by atoms with Crippen LogP contribution in [0.25, 0.3) is 22.3 Å². The van der Waals surface area contributed by atoms with Crippen molar-refractivity contribution >= 4 is 28.5 Å². The SMILES string of the molecule is N#Cc1ccc(N2C(c3ccc(-c4ccc(N(c5ccccc5)c5ccccc5)cc4)cc3)N=C3c4ccccc4-c4ccccc4C32)cc1. The molecule has 0 bridgehead atoms. The maximum atomic E-state index is 9.53. The first-order valence-electron chi connectivity index (χ1n) is 16.9. The monoisotopic (exact) mass is 640 g/mol. The van der Waals surface area contributed by atoms with Crippen molar-refractivity contribution in [2.75, 3.05) is 9.80 Å². The molecule has 2 aliphatic rings. The smallest absolute Gasteiger partial charge is 0.148 e. The molecule has 0 spiro atoms. The van der Waals surface area contributed by atoms with Crippen LogP contribution in [-0.2, 0) is 0 Å². The van der Waals surface area contributed by atoms with Crippen LogP contribution in [0.15, 0.2) is 187 Å². The van der Waals surface area contributed by atoms with Crippen molar-refractivity contribution in [3.05, 3.63) is 204 Å². The highest BCUT2D eigenvalue weighted by Crippen LogP contribution is 2.50. The fraction of sp³-hybridized carbons (Fsp3) is 0.0435. The Morgan fingerprint density at radius 1 is 0.500 bits per heavy atom. The Hall–Kier alpha value is -6.70. The molecule has 9 rings (SSSR count). The summed E-state index contributed by atoms with van der Waals surface area (Å²) in [5, 5.41) is 9.53. The highest BCUT2D eigenvalue weighted by molar-refractivity contribution is 6.15. The lowest BCUT2D eigenvalue weighted by molar-refractivity contribution is 0.669. The van der Waals surface area contributed by atoms with E-state index in [-0.39, 0.29) is 12.2 Å². The molecule has 0 radical (unpaired) electrons. The summed E-state index contributed by atoms with van der Waals surface area (Å²) in [6.07, 6.45) is -0.233. The van der Waals surface area contributed by atoms with Crippen LogP contribution < -0.4 is 9.80 Å². The molecule has 7 aromatic rings. The van der Waals surface area contributed by atoms with Gasteiger partial charge in [0.15, 0.2) is 0 Å². The Morgan fingerprint density at radius 3 is 1.64 bits per heavy atom. The second kappa shape index (κ2) is 12.4. The van der Waals surface area contributed by atoms with Gasteiger partial charge in [0.05, 0.1) is 23.4 Å². The lowest BCUT2D eigenvalue weighted by Crippen LogP contribution is -2.32. The molecular formula is C46H32N4. The molecule has 1 heterocycles. The fourth-order valence-electron chi connectivity index (χ4n) is 7.46. The van der Waals surface area contributed by atoms with E-state index >= 15 is 0 Å². The molecule has 4 heteroatoms. The van der Waals surface area contributed by atoms with Gasteiger partial charge in [-0.25, -0.2) is 0 Å². The molecule has 0 saturated carbocycles. The minimum atomic E-state index is -0.233. The predicted molar refractivity (Wildman–Crippen MR) is 204 cm³/mol. The average molecular weight is 641 g/mol. The van der Waals surface area contributed by atoms with E-state index in [9.17, 15) is 5.26 Å². The Balaban J connectivity index is 1.08. The van der Waals surface area contributed by atoms with Crippen LogP contribution in [0.3, 0.4) is 0 Å². The third-order valence-electron chi connectivity index (χ3n) is 9.80. The van der Waals surface area contributed by atoms with Gasteiger partial charge >= 0.3 is 0 Å². The van der Waals surface area contributed by atoms with Crippen LogP contribution in [0, 0.1) is 11.3 Å². The van der Waals surface area contributed by atoms with Gasteiger partial charge in [-0.3, -0.25) is 4.99 Å². The summed E-state index contributed by atoms with van der Waals surface area (Å²) < 4.78 is 0. The van der Waals surface area contributed by atoms with Gasteiger partial charge in [-0.2, -0.15) is 5.26 Å². The number of aliphatic imine (C=N–C) groups is 1. The standard InChI is InChI=1S/C46H32N4/c47-31-32-19-27-39(28-20-32)50-45-43-18-10-8-16-41(43)40-15-7-9-17-42(40)44(45)48-46(50)35-23-21-33(22-24-35)34-25-29-38(30-26-34)49(36-11-3-1-4-12-36)37-13-5-2-6-14-37/h1-30,45-46H. The zero-order chi connectivity index (χ0) is 33.4. The summed E-state index contributed by atoms with van der Waals surface area (Å²) in [5.41, 5.74) is 14.4. The molecule has 0 saturated heterocycles. The van der Waals surface area contributed by atoms with Gasteiger partial charge < -0.3 is 9.80 Å². The molecule has 1 aliphatic heterocycles. The highest BCUT2D eigenvalue weighted by Gasteiger charge is 2.43. The number of rotatable bonds is 6. The third-order valence-corrected chi connectivity index (χ3v) is 9.80. The van der Waals surface area contributed by atoms with Gasteiger partial charge in [-0.15, -0.1) is 0 Å². The maximum absolute atomic E-state index is 9.53. The zero-order valence-electron chi connectivity index (χ0n) is 27.3. The number of hydrogen-bond acceptors (Lipinski definition) is 4. The van der Waals surface area contributed by atoms with Crippen LogP contribution >= 0.6 is 0 Å². The van der Waals surface area contributed by atoms with Crippen LogP contribution in [-0.4, -0.2) is 5.71 Å². The quantitative estimate of drug-likeness (QED) is 0.182. The maximum Gasteiger partial charge on any atom is 0.148 e. The van der Waals surface area contributed by atoms with Crippen molar-refractivity contribution in [2.45, 2.75) is 12.2 Å². The number of benzene rings is 7. The third kappa shape index (κ3) is 5.05. The second-order valence-corrected chi connectivity index (χ2v) is 12.7. The summed E-state index contributed by atoms with van der Waals surface area (Å²) >= 11 is 0. The summed E-state index contributed by atoms with van der Waals surface area (Å²) in [5.74, 6) is 0. The lowest BCUT2D eigenvalue weighted by Gasteiger charge is -2.36. The first kappa shape index (κ1) is 29.4. The van der Waals surface area contributed by atoms with E-state index in [0.29, 0.717) is 5.56 Å². The van der Waals surface area contributed by atoms with E-state index < -0.39 is 0 Å². The number of hydrogen-bond donors (Lipinski definition) is 0. The molecule has 2 atom stereocenters. The zero-order valence-corrected chi connectivity index (χ0v) is 27.3. The Labute approximate surface area is 292 Å². The summed E-state index contributed by atoms with van der Waals surface area (Å²) in [7, 11) is 0.